The molecule has 0 unspecified atom stereocenters. The summed E-state index contributed by atoms with van der Waals surface area (Å²) in [5.74, 6) is 0. The zero-order chi connectivity index (χ0) is 11.5. The van der Waals surface area contributed by atoms with Gasteiger partial charge in [0.25, 0.3) is 0 Å². The number of aromatic nitrogens is 1. The largest absolute Gasteiger partial charge is 0.369 e. The van der Waals surface area contributed by atoms with Gasteiger partial charge < -0.3 is 10.2 Å². The molecule has 2 rings (SSSR count). The summed E-state index contributed by atoms with van der Waals surface area (Å²) in [6.07, 6.45) is 4.32. The van der Waals surface area contributed by atoms with Crippen LogP contribution in [0.5, 0.6) is 0 Å². The van der Waals surface area contributed by atoms with Gasteiger partial charge in [-0.2, -0.15) is 0 Å². The molecule has 5 heteroatoms. The van der Waals surface area contributed by atoms with Gasteiger partial charge >= 0.3 is 0 Å². The maximum Gasteiger partial charge on any atom is 0.124 e. The highest BCUT2D eigenvalue weighted by atomic mass is 79.9. The molecule has 1 atom stereocenters. The fourth-order valence-electron chi connectivity index (χ4n) is 2.03. The molecule has 1 fully saturated rings. The molecule has 0 radical (unpaired) electrons. The maximum absolute atomic E-state index is 6.05. The van der Waals surface area contributed by atoms with E-state index in [9.17, 15) is 0 Å². The summed E-state index contributed by atoms with van der Waals surface area (Å²) < 4.78 is 0.708. The SMILES string of the molecule is CN[C@H]1CCCN(c2cnc(Br)c(Cl)c2)C1. The van der Waals surface area contributed by atoms with Gasteiger partial charge in [0, 0.05) is 19.1 Å². The maximum atomic E-state index is 6.05. The highest BCUT2D eigenvalue weighted by Gasteiger charge is 2.19. The van der Waals surface area contributed by atoms with Crippen molar-refractivity contribution in [3.8, 4) is 0 Å². The van der Waals surface area contributed by atoms with Gasteiger partial charge in [0.05, 0.1) is 16.9 Å². The van der Waals surface area contributed by atoms with Crippen LogP contribution in [0.1, 0.15) is 12.8 Å². The number of nitrogens with zero attached hydrogens (tertiary/aromatic N) is 2. The molecule has 1 aliphatic heterocycles. The number of pyridine rings is 1. The first kappa shape index (κ1) is 12.1. The van der Waals surface area contributed by atoms with E-state index in [1.165, 1.54) is 12.8 Å². The summed E-state index contributed by atoms with van der Waals surface area (Å²) in [5.41, 5.74) is 1.10. The van der Waals surface area contributed by atoms with Gasteiger partial charge in [0.1, 0.15) is 4.60 Å². The van der Waals surface area contributed by atoms with Crippen LogP contribution in [0, 0.1) is 0 Å². The van der Waals surface area contributed by atoms with Crippen LogP contribution in [-0.2, 0) is 0 Å². The molecule has 0 bridgehead atoms. The Morgan fingerprint density at radius 3 is 3.12 bits per heavy atom. The normalized spacial score (nSPS) is 21.2. The third-order valence-corrected chi connectivity index (χ3v) is 4.12. The molecular formula is C11H15BrClN3. The summed E-state index contributed by atoms with van der Waals surface area (Å²) in [6.45, 7) is 2.11. The Balaban J connectivity index is 2.13. The van der Waals surface area contributed by atoms with Crippen molar-refractivity contribution >= 4 is 33.2 Å². The lowest BCUT2D eigenvalue weighted by molar-refractivity contribution is 0.449. The third kappa shape index (κ3) is 2.67. The fourth-order valence-corrected chi connectivity index (χ4v) is 2.41. The van der Waals surface area contributed by atoms with Gasteiger partial charge in [-0.1, -0.05) is 11.6 Å². The quantitative estimate of drug-likeness (QED) is 0.852. The zero-order valence-electron chi connectivity index (χ0n) is 9.21. The first-order valence-electron chi connectivity index (χ1n) is 5.44. The number of likely N-dealkylation sites (N-methyl/N-ethyl adjacent to an activating group) is 1. The number of nitrogens with one attached hydrogen (secondary N) is 1. The van der Waals surface area contributed by atoms with E-state index < -0.39 is 0 Å². The first-order valence-corrected chi connectivity index (χ1v) is 6.61. The number of halogens is 2. The lowest BCUT2D eigenvalue weighted by atomic mass is 10.1. The van der Waals surface area contributed by atoms with Crippen LogP contribution in [0.25, 0.3) is 0 Å². The number of anilines is 1. The van der Waals surface area contributed by atoms with Gasteiger partial charge in [-0.05, 0) is 41.9 Å². The van der Waals surface area contributed by atoms with Crippen molar-refractivity contribution < 1.29 is 0 Å². The van der Waals surface area contributed by atoms with Gasteiger partial charge in [0.15, 0.2) is 0 Å². The highest BCUT2D eigenvalue weighted by molar-refractivity contribution is 9.10. The average molecular weight is 305 g/mol. The molecule has 0 spiro atoms. The number of hydrogen-bond acceptors (Lipinski definition) is 3. The molecule has 0 aromatic carbocycles. The Kier molecular flexibility index (Phi) is 4.05. The van der Waals surface area contributed by atoms with Crippen LogP contribution >= 0.6 is 27.5 Å². The van der Waals surface area contributed by atoms with Gasteiger partial charge in [-0.15, -0.1) is 0 Å². The van der Waals surface area contributed by atoms with Gasteiger partial charge in [-0.25, -0.2) is 4.98 Å². The van der Waals surface area contributed by atoms with E-state index in [4.69, 9.17) is 11.6 Å². The lowest BCUT2D eigenvalue weighted by Gasteiger charge is -2.34. The van der Waals surface area contributed by atoms with Crippen molar-refractivity contribution in [1.82, 2.24) is 10.3 Å². The van der Waals surface area contributed by atoms with Gasteiger partial charge in [-0.3, -0.25) is 0 Å². The smallest absolute Gasteiger partial charge is 0.124 e. The monoisotopic (exact) mass is 303 g/mol. The van der Waals surface area contributed by atoms with Crippen LogP contribution in [0.2, 0.25) is 5.02 Å². The van der Waals surface area contributed by atoms with Crippen molar-refractivity contribution in [3.05, 3.63) is 21.9 Å². The molecule has 0 amide bonds. The van der Waals surface area contributed by atoms with Crippen LogP contribution in [0.4, 0.5) is 5.69 Å². The van der Waals surface area contributed by atoms with E-state index in [-0.39, 0.29) is 0 Å². The predicted octanol–water partition coefficient (Wildman–Crippen LogP) is 2.69. The number of rotatable bonds is 2. The molecule has 16 heavy (non-hydrogen) atoms. The topological polar surface area (TPSA) is 28.2 Å². The van der Waals surface area contributed by atoms with E-state index in [0.717, 1.165) is 18.8 Å². The molecule has 1 N–H and O–H groups in total. The summed E-state index contributed by atoms with van der Waals surface area (Å²) >= 11 is 9.36. The predicted molar refractivity (Wildman–Crippen MR) is 71.2 cm³/mol. The Morgan fingerprint density at radius 1 is 1.62 bits per heavy atom. The molecule has 1 aromatic rings. The summed E-state index contributed by atoms with van der Waals surface area (Å²) in [5, 5.41) is 4.00. The molecule has 3 nitrogen and oxygen atoms in total. The Morgan fingerprint density at radius 2 is 2.44 bits per heavy atom. The van der Waals surface area contributed by atoms with Crippen LogP contribution in [-0.4, -0.2) is 31.2 Å². The molecular weight excluding hydrogens is 289 g/mol. The molecule has 1 aliphatic rings. The molecule has 2 heterocycles. The minimum absolute atomic E-state index is 0.566. The second-order valence-electron chi connectivity index (χ2n) is 4.04. The van der Waals surface area contributed by atoms with Crippen LogP contribution < -0.4 is 10.2 Å². The van der Waals surface area contributed by atoms with Crippen molar-refractivity contribution in [2.75, 3.05) is 25.0 Å². The zero-order valence-corrected chi connectivity index (χ0v) is 11.6. The fraction of sp³-hybridized carbons (Fsp3) is 0.545. The Bertz CT molecular complexity index is 372. The second-order valence-corrected chi connectivity index (χ2v) is 5.20. The van der Waals surface area contributed by atoms with Crippen molar-refractivity contribution in [1.29, 1.82) is 0 Å². The average Bonchev–Trinajstić information content (AvgIpc) is 2.33. The molecule has 1 saturated heterocycles. The minimum Gasteiger partial charge on any atom is -0.369 e. The summed E-state index contributed by atoms with van der Waals surface area (Å²) in [4.78, 5) is 6.56. The van der Waals surface area contributed by atoms with E-state index in [2.05, 4.69) is 31.1 Å². The van der Waals surface area contributed by atoms with Crippen LogP contribution in [0.15, 0.2) is 16.9 Å². The van der Waals surface area contributed by atoms with Gasteiger partial charge in [0.2, 0.25) is 0 Å². The first-order chi connectivity index (χ1) is 7.70. The van der Waals surface area contributed by atoms with E-state index in [1.54, 1.807) is 0 Å². The van der Waals surface area contributed by atoms with E-state index in [0.29, 0.717) is 15.7 Å². The van der Waals surface area contributed by atoms with Crippen molar-refractivity contribution in [3.63, 3.8) is 0 Å². The highest BCUT2D eigenvalue weighted by Crippen LogP contribution is 2.26. The van der Waals surface area contributed by atoms with Crippen molar-refractivity contribution in [2.24, 2.45) is 0 Å². The molecule has 88 valence electrons. The number of hydrogen-bond donors (Lipinski definition) is 1. The van der Waals surface area contributed by atoms with E-state index >= 15 is 0 Å². The van der Waals surface area contributed by atoms with Crippen LogP contribution in [0.3, 0.4) is 0 Å². The third-order valence-electron chi connectivity index (χ3n) is 2.98. The molecule has 1 aromatic heterocycles. The number of piperidine rings is 1. The molecule has 0 aliphatic carbocycles. The Labute approximate surface area is 109 Å². The minimum atomic E-state index is 0.566. The summed E-state index contributed by atoms with van der Waals surface area (Å²) in [7, 11) is 2.01. The van der Waals surface area contributed by atoms with Crippen molar-refractivity contribution in [2.45, 2.75) is 18.9 Å². The second kappa shape index (κ2) is 5.34. The summed E-state index contributed by atoms with van der Waals surface area (Å²) in [6, 6.07) is 2.53. The van der Waals surface area contributed by atoms with E-state index in [1.807, 2.05) is 19.3 Å². The Hall–Kier alpha value is -0.320. The lowest BCUT2D eigenvalue weighted by Crippen LogP contribution is -2.44. The molecule has 0 saturated carbocycles. The standard InChI is InChI=1S/C11H15BrClN3/c1-14-8-3-2-4-16(7-8)9-5-10(13)11(12)15-6-9/h5-6,8,14H,2-4,7H2,1H3/t8-/m0/s1.